The molecule has 3 aliphatic carbocycles. The summed E-state index contributed by atoms with van der Waals surface area (Å²) in [5, 5.41) is 0. The molecule has 2 aromatic carbocycles. The predicted octanol–water partition coefficient (Wildman–Crippen LogP) is 4.88. The molecule has 0 spiro atoms. The molecule has 0 heterocycles. The molecule has 1 fully saturated rings. The molecule has 0 unspecified atom stereocenters. The lowest BCUT2D eigenvalue weighted by molar-refractivity contribution is -0.120. The number of carbonyl (C=O) groups is 1. The fourth-order valence-electron chi connectivity index (χ4n) is 5.71. The summed E-state index contributed by atoms with van der Waals surface area (Å²) < 4.78 is 18.4. The van der Waals surface area contributed by atoms with E-state index in [0.717, 1.165) is 35.5 Å². The van der Waals surface area contributed by atoms with Crippen LogP contribution in [0.5, 0.6) is 5.75 Å². The molecule has 5 rings (SSSR count). The summed E-state index contributed by atoms with van der Waals surface area (Å²) in [6.07, 6.45) is 6.19. The van der Waals surface area contributed by atoms with Gasteiger partial charge in [0.15, 0.2) is 5.78 Å². The number of carbonyl (C=O) groups excluding carboxylic acids is 1. The quantitative estimate of drug-likeness (QED) is 0.730. The third kappa shape index (κ3) is 2.76. The Kier molecular flexibility index (Phi) is 4.50. The number of allylic oxidation sites excluding steroid dienone is 2. The molecule has 0 aromatic heterocycles. The number of methoxy groups -OCH3 is 1. The molecule has 29 heavy (non-hydrogen) atoms. The van der Waals surface area contributed by atoms with E-state index in [1.807, 2.05) is 37.3 Å². The molecule has 2 aromatic rings. The highest BCUT2D eigenvalue weighted by Gasteiger charge is 2.59. The first kappa shape index (κ1) is 18.8. The average Bonchev–Trinajstić information content (AvgIpc) is 3.10. The molecule has 0 saturated heterocycles. The van der Waals surface area contributed by atoms with Crippen LogP contribution in [0, 0.1) is 18.8 Å². The molecule has 0 N–H and O–H groups in total. The first-order valence-electron chi connectivity index (χ1n) is 10.4. The molecular formula is C25H26O3S. The number of benzene rings is 2. The van der Waals surface area contributed by atoms with Crippen LogP contribution in [-0.2, 0) is 22.0 Å². The summed E-state index contributed by atoms with van der Waals surface area (Å²) >= 11 is 0. The number of ketones is 1. The highest BCUT2D eigenvalue weighted by atomic mass is 32.2. The number of fused-ring (bicyclic) bond motifs is 5. The van der Waals surface area contributed by atoms with Crippen LogP contribution in [-0.4, -0.2) is 21.8 Å². The number of Topliss-reactive ketones (excluding diaryl/α,β-unsaturated/α-hetero) is 1. The molecule has 1 saturated carbocycles. The van der Waals surface area contributed by atoms with Crippen molar-refractivity contribution in [1.82, 2.24) is 0 Å². The van der Waals surface area contributed by atoms with Gasteiger partial charge in [-0.1, -0.05) is 29.8 Å². The Morgan fingerprint density at radius 1 is 1.07 bits per heavy atom. The fourth-order valence-corrected chi connectivity index (χ4v) is 7.62. The van der Waals surface area contributed by atoms with Gasteiger partial charge in [0, 0.05) is 11.3 Å². The molecule has 0 aliphatic heterocycles. The van der Waals surface area contributed by atoms with Crippen LogP contribution in [0.25, 0.3) is 5.57 Å². The van der Waals surface area contributed by atoms with Gasteiger partial charge in [-0.3, -0.25) is 9.00 Å². The second-order valence-electron chi connectivity index (χ2n) is 8.57. The summed E-state index contributed by atoms with van der Waals surface area (Å²) in [6, 6.07) is 14.2. The Hall–Kier alpha value is -2.20. The van der Waals surface area contributed by atoms with E-state index in [-0.39, 0.29) is 11.7 Å². The van der Waals surface area contributed by atoms with Crippen molar-refractivity contribution in [3.05, 3.63) is 65.2 Å². The van der Waals surface area contributed by atoms with Crippen LogP contribution >= 0.6 is 0 Å². The minimum atomic E-state index is -1.33. The Morgan fingerprint density at radius 3 is 2.62 bits per heavy atom. The van der Waals surface area contributed by atoms with Crippen molar-refractivity contribution in [2.24, 2.45) is 11.8 Å². The highest BCUT2D eigenvalue weighted by Crippen LogP contribution is 2.56. The number of rotatable bonds is 3. The van der Waals surface area contributed by atoms with Crippen LogP contribution < -0.4 is 4.74 Å². The SMILES string of the molecule is COc1ccc2c(c1)CC[C@H]1C2=CC[C@@]2([S@](=O)c3ccc(C)cc3)C(=O)CC[C@@H]12. The summed E-state index contributed by atoms with van der Waals surface area (Å²) in [5.41, 5.74) is 5.10. The van der Waals surface area contributed by atoms with Gasteiger partial charge in [0.2, 0.25) is 0 Å². The standard InChI is InChI=1S/C25H26O3S/c1-16-3-7-19(8-4-16)29(27)25-14-13-21-20-10-6-18(28-2)15-17(20)5-9-22(21)23(25)11-12-24(25)26/h3-4,6-8,10,13,15,22-23H,5,9,11-12,14H2,1-2H3/t22-,23-,25-,29+/m0/s1. The Balaban J connectivity index is 1.58. The van der Waals surface area contributed by atoms with Gasteiger partial charge < -0.3 is 4.74 Å². The number of hydrogen-bond acceptors (Lipinski definition) is 3. The van der Waals surface area contributed by atoms with Crippen molar-refractivity contribution < 1.29 is 13.7 Å². The van der Waals surface area contributed by atoms with Crippen LogP contribution in [0.2, 0.25) is 0 Å². The Bertz CT molecular complexity index is 1040. The molecular weight excluding hydrogens is 380 g/mol. The van der Waals surface area contributed by atoms with E-state index >= 15 is 0 Å². The zero-order valence-corrected chi connectivity index (χ0v) is 17.8. The van der Waals surface area contributed by atoms with Crippen molar-refractivity contribution >= 4 is 22.2 Å². The minimum absolute atomic E-state index is 0.160. The van der Waals surface area contributed by atoms with Crippen molar-refractivity contribution in [3.8, 4) is 5.75 Å². The number of aryl methyl sites for hydroxylation is 2. The maximum atomic E-state index is 13.8. The van der Waals surface area contributed by atoms with Gasteiger partial charge in [0.05, 0.1) is 17.9 Å². The molecule has 4 atom stereocenters. The third-order valence-corrected chi connectivity index (χ3v) is 9.24. The second-order valence-corrected chi connectivity index (χ2v) is 10.3. The predicted molar refractivity (Wildman–Crippen MR) is 115 cm³/mol. The summed E-state index contributed by atoms with van der Waals surface area (Å²) in [7, 11) is 0.374. The minimum Gasteiger partial charge on any atom is -0.497 e. The average molecular weight is 407 g/mol. The van der Waals surface area contributed by atoms with E-state index in [2.05, 4.69) is 18.2 Å². The maximum Gasteiger partial charge on any atom is 0.152 e. The van der Waals surface area contributed by atoms with E-state index in [0.29, 0.717) is 18.8 Å². The van der Waals surface area contributed by atoms with E-state index in [9.17, 15) is 9.00 Å². The summed E-state index contributed by atoms with van der Waals surface area (Å²) in [5.74, 6) is 1.56. The Labute approximate surface area is 174 Å². The number of ether oxygens (including phenoxy) is 1. The molecule has 150 valence electrons. The van der Waals surface area contributed by atoms with E-state index in [4.69, 9.17) is 4.74 Å². The van der Waals surface area contributed by atoms with Crippen molar-refractivity contribution in [3.63, 3.8) is 0 Å². The van der Waals surface area contributed by atoms with Crippen molar-refractivity contribution in [2.45, 2.75) is 48.7 Å². The van der Waals surface area contributed by atoms with Crippen LogP contribution in [0.3, 0.4) is 0 Å². The van der Waals surface area contributed by atoms with E-state index in [1.54, 1.807) is 7.11 Å². The van der Waals surface area contributed by atoms with Gasteiger partial charge in [-0.15, -0.1) is 0 Å². The molecule has 0 bridgehead atoms. The third-order valence-electron chi connectivity index (χ3n) is 7.18. The molecule has 0 radical (unpaired) electrons. The van der Waals surface area contributed by atoms with Crippen LogP contribution in [0.4, 0.5) is 0 Å². The van der Waals surface area contributed by atoms with E-state index < -0.39 is 15.5 Å². The zero-order valence-electron chi connectivity index (χ0n) is 16.9. The van der Waals surface area contributed by atoms with Crippen LogP contribution in [0.15, 0.2) is 53.4 Å². The lowest BCUT2D eigenvalue weighted by atomic mass is 9.65. The first-order chi connectivity index (χ1) is 14.0. The maximum absolute atomic E-state index is 13.8. The van der Waals surface area contributed by atoms with Gasteiger partial charge in [-0.25, -0.2) is 0 Å². The normalized spacial score (nSPS) is 28.8. The smallest absolute Gasteiger partial charge is 0.152 e. The second kappa shape index (κ2) is 6.94. The van der Waals surface area contributed by atoms with Crippen molar-refractivity contribution in [2.75, 3.05) is 7.11 Å². The van der Waals surface area contributed by atoms with Gasteiger partial charge in [0.25, 0.3) is 0 Å². The summed E-state index contributed by atoms with van der Waals surface area (Å²) in [6.45, 7) is 2.03. The van der Waals surface area contributed by atoms with Gasteiger partial charge in [0.1, 0.15) is 10.5 Å². The Morgan fingerprint density at radius 2 is 1.86 bits per heavy atom. The molecule has 4 heteroatoms. The fraction of sp³-hybridized carbons (Fsp3) is 0.400. The molecule has 3 aliphatic rings. The lowest BCUT2D eigenvalue weighted by Gasteiger charge is -2.44. The van der Waals surface area contributed by atoms with Gasteiger partial charge in [-0.2, -0.15) is 0 Å². The van der Waals surface area contributed by atoms with Crippen LogP contribution in [0.1, 0.15) is 42.4 Å². The number of hydrogen-bond donors (Lipinski definition) is 0. The topological polar surface area (TPSA) is 43.4 Å². The van der Waals surface area contributed by atoms with Gasteiger partial charge >= 0.3 is 0 Å². The highest BCUT2D eigenvalue weighted by molar-refractivity contribution is 7.87. The lowest BCUT2D eigenvalue weighted by Crippen LogP contribution is -2.49. The van der Waals surface area contributed by atoms with Crippen molar-refractivity contribution in [1.29, 1.82) is 0 Å². The van der Waals surface area contributed by atoms with Gasteiger partial charge in [-0.05, 0) is 85.4 Å². The monoisotopic (exact) mass is 406 g/mol. The largest absolute Gasteiger partial charge is 0.497 e. The molecule has 3 nitrogen and oxygen atoms in total. The zero-order chi connectivity index (χ0) is 20.2. The summed E-state index contributed by atoms with van der Waals surface area (Å²) in [4.78, 5) is 14.0. The molecule has 0 amide bonds. The van der Waals surface area contributed by atoms with E-state index in [1.165, 1.54) is 16.7 Å². The first-order valence-corrected chi connectivity index (χ1v) is 11.6.